The molecule has 3 aromatic rings. The zero-order valence-electron chi connectivity index (χ0n) is 15.3. The van der Waals surface area contributed by atoms with Gasteiger partial charge < -0.3 is 19.2 Å². The van der Waals surface area contributed by atoms with Gasteiger partial charge in [-0.05, 0) is 50.2 Å². The molecule has 28 heavy (non-hydrogen) atoms. The molecule has 0 radical (unpaired) electrons. The number of fused-ring (bicyclic) bond motifs is 1. The van der Waals surface area contributed by atoms with E-state index in [0.717, 1.165) is 0 Å². The van der Waals surface area contributed by atoms with Crippen LogP contribution >= 0.6 is 0 Å². The van der Waals surface area contributed by atoms with Crippen molar-refractivity contribution in [2.45, 2.75) is 20.0 Å². The van der Waals surface area contributed by atoms with E-state index in [-0.39, 0.29) is 12.2 Å². The number of nitrogens with one attached hydrogen (secondary N) is 1. The highest BCUT2D eigenvalue weighted by Gasteiger charge is 2.21. The van der Waals surface area contributed by atoms with Gasteiger partial charge in [0.05, 0.1) is 17.7 Å². The number of hydrogen-bond acceptors (Lipinski definition) is 7. The van der Waals surface area contributed by atoms with E-state index < -0.39 is 23.9 Å². The Bertz CT molecular complexity index is 1010. The SMILES string of the molecule is CCOC(=O)c1ccc(NC(=O)C(C)OC(=O)c2cccc3ocnc23)cc1. The van der Waals surface area contributed by atoms with E-state index in [9.17, 15) is 14.4 Å². The second-order valence-electron chi connectivity index (χ2n) is 5.84. The Hall–Kier alpha value is -3.68. The third-order valence-electron chi connectivity index (χ3n) is 3.90. The fourth-order valence-electron chi connectivity index (χ4n) is 2.48. The van der Waals surface area contributed by atoms with Gasteiger partial charge in [-0.3, -0.25) is 4.79 Å². The molecule has 144 valence electrons. The molecule has 3 rings (SSSR count). The number of hydrogen-bond donors (Lipinski definition) is 1. The molecule has 8 heteroatoms. The summed E-state index contributed by atoms with van der Waals surface area (Å²) in [6.07, 6.45) is 0.191. The molecule has 0 bridgehead atoms. The van der Waals surface area contributed by atoms with Crippen LogP contribution < -0.4 is 5.32 Å². The number of anilines is 1. The largest absolute Gasteiger partial charge is 0.462 e. The number of esters is 2. The zero-order chi connectivity index (χ0) is 20.1. The molecule has 0 aliphatic rings. The molecule has 0 fully saturated rings. The lowest BCUT2D eigenvalue weighted by atomic mass is 10.2. The van der Waals surface area contributed by atoms with Crippen LogP contribution in [0.25, 0.3) is 11.1 Å². The molecule has 1 atom stereocenters. The van der Waals surface area contributed by atoms with Crippen LogP contribution in [0.5, 0.6) is 0 Å². The summed E-state index contributed by atoms with van der Waals surface area (Å²) in [7, 11) is 0. The van der Waals surface area contributed by atoms with Gasteiger partial charge >= 0.3 is 11.9 Å². The summed E-state index contributed by atoms with van der Waals surface area (Å²) >= 11 is 0. The Balaban J connectivity index is 1.62. The third kappa shape index (κ3) is 4.17. The van der Waals surface area contributed by atoms with Crippen LogP contribution in [0.1, 0.15) is 34.6 Å². The van der Waals surface area contributed by atoms with E-state index in [1.807, 2.05) is 0 Å². The topological polar surface area (TPSA) is 108 Å². The van der Waals surface area contributed by atoms with Crippen molar-refractivity contribution in [2.75, 3.05) is 11.9 Å². The summed E-state index contributed by atoms with van der Waals surface area (Å²) in [6.45, 7) is 3.46. The number of amides is 1. The number of benzene rings is 2. The maximum Gasteiger partial charge on any atom is 0.341 e. The Morgan fingerprint density at radius 3 is 2.57 bits per heavy atom. The molecule has 1 unspecified atom stereocenters. The average molecular weight is 382 g/mol. The summed E-state index contributed by atoms with van der Waals surface area (Å²) in [4.78, 5) is 40.3. The molecule has 0 saturated heterocycles. The number of nitrogens with zero attached hydrogens (tertiary/aromatic N) is 1. The first kappa shape index (κ1) is 19.1. The lowest BCUT2D eigenvalue weighted by Gasteiger charge is -2.14. The minimum absolute atomic E-state index is 0.213. The molecule has 2 aromatic carbocycles. The number of ether oxygens (including phenoxy) is 2. The van der Waals surface area contributed by atoms with Crippen molar-refractivity contribution in [1.82, 2.24) is 4.98 Å². The monoisotopic (exact) mass is 382 g/mol. The molecule has 0 aliphatic heterocycles. The van der Waals surface area contributed by atoms with Crippen LogP contribution in [0.3, 0.4) is 0 Å². The normalized spacial score (nSPS) is 11.6. The number of carbonyl (C=O) groups is 3. The first-order valence-electron chi connectivity index (χ1n) is 8.61. The fourth-order valence-corrected chi connectivity index (χ4v) is 2.48. The standard InChI is InChI=1S/C20H18N2O6/c1-3-26-19(24)13-7-9-14(10-8-13)22-18(23)12(2)28-20(25)15-5-4-6-16-17(15)21-11-27-16/h4-12H,3H2,1-2H3,(H,22,23). The van der Waals surface area contributed by atoms with Crippen molar-refractivity contribution in [3.05, 3.63) is 60.0 Å². The van der Waals surface area contributed by atoms with Gasteiger partial charge in [-0.2, -0.15) is 0 Å². The highest BCUT2D eigenvalue weighted by Crippen LogP contribution is 2.18. The first-order valence-corrected chi connectivity index (χ1v) is 8.61. The number of aromatic nitrogens is 1. The Morgan fingerprint density at radius 2 is 1.86 bits per heavy atom. The molecule has 0 aliphatic carbocycles. The van der Waals surface area contributed by atoms with Gasteiger partial charge in [0.1, 0.15) is 5.52 Å². The van der Waals surface area contributed by atoms with Gasteiger partial charge in [0, 0.05) is 5.69 Å². The van der Waals surface area contributed by atoms with Gasteiger partial charge in [0.15, 0.2) is 18.1 Å². The summed E-state index contributed by atoms with van der Waals surface area (Å²) in [5.41, 5.74) is 1.87. The second-order valence-corrected chi connectivity index (χ2v) is 5.84. The smallest absolute Gasteiger partial charge is 0.341 e. The summed E-state index contributed by atoms with van der Waals surface area (Å²) < 4.78 is 15.3. The van der Waals surface area contributed by atoms with E-state index in [1.54, 1.807) is 37.3 Å². The van der Waals surface area contributed by atoms with Gasteiger partial charge in [-0.25, -0.2) is 14.6 Å². The number of para-hydroxylation sites is 1. The van der Waals surface area contributed by atoms with Crippen molar-refractivity contribution in [2.24, 2.45) is 0 Å². The molecular formula is C20H18N2O6. The van der Waals surface area contributed by atoms with Crippen molar-refractivity contribution in [1.29, 1.82) is 0 Å². The van der Waals surface area contributed by atoms with Crippen LogP contribution in [-0.2, 0) is 14.3 Å². The Labute approximate surface area is 160 Å². The Kier molecular flexibility index (Phi) is 5.69. The number of oxazole rings is 1. The van der Waals surface area contributed by atoms with E-state index in [1.165, 1.54) is 25.5 Å². The van der Waals surface area contributed by atoms with Crippen molar-refractivity contribution in [3.63, 3.8) is 0 Å². The van der Waals surface area contributed by atoms with Gasteiger partial charge in [-0.15, -0.1) is 0 Å². The zero-order valence-corrected chi connectivity index (χ0v) is 15.3. The summed E-state index contributed by atoms with van der Waals surface area (Å²) in [5, 5.41) is 2.63. The van der Waals surface area contributed by atoms with E-state index >= 15 is 0 Å². The second kappa shape index (κ2) is 8.34. The van der Waals surface area contributed by atoms with E-state index in [0.29, 0.717) is 22.4 Å². The maximum absolute atomic E-state index is 12.4. The fraction of sp³-hybridized carbons (Fsp3) is 0.200. The number of carbonyl (C=O) groups excluding carboxylic acids is 3. The summed E-state index contributed by atoms with van der Waals surface area (Å²) in [5.74, 6) is -1.63. The van der Waals surface area contributed by atoms with Gasteiger partial charge in [0.25, 0.3) is 5.91 Å². The van der Waals surface area contributed by atoms with Crippen LogP contribution in [0.15, 0.2) is 53.3 Å². The van der Waals surface area contributed by atoms with Gasteiger partial charge in [0.2, 0.25) is 0 Å². The van der Waals surface area contributed by atoms with Gasteiger partial charge in [-0.1, -0.05) is 6.07 Å². The van der Waals surface area contributed by atoms with Crippen molar-refractivity contribution < 1.29 is 28.3 Å². The highest BCUT2D eigenvalue weighted by atomic mass is 16.5. The molecule has 8 nitrogen and oxygen atoms in total. The van der Waals surface area contributed by atoms with Crippen LogP contribution in [0.4, 0.5) is 5.69 Å². The highest BCUT2D eigenvalue weighted by molar-refractivity contribution is 6.03. The average Bonchev–Trinajstić information content (AvgIpc) is 3.17. The predicted molar refractivity (Wildman–Crippen MR) is 99.9 cm³/mol. The molecular weight excluding hydrogens is 364 g/mol. The lowest BCUT2D eigenvalue weighted by Crippen LogP contribution is -2.30. The van der Waals surface area contributed by atoms with E-state index in [4.69, 9.17) is 13.9 Å². The third-order valence-corrected chi connectivity index (χ3v) is 3.90. The van der Waals surface area contributed by atoms with Crippen LogP contribution in [0, 0.1) is 0 Å². The minimum Gasteiger partial charge on any atom is -0.462 e. The minimum atomic E-state index is -1.04. The van der Waals surface area contributed by atoms with E-state index in [2.05, 4.69) is 10.3 Å². The van der Waals surface area contributed by atoms with Crippen LogP contribution in [0.2, 0.25) is 0 Å². The number of rotatable bonds is 6. The molecule has 1 amide bonds. The van der Waals surface area contributed by atoms with Crippen molar-refractivity contribution in [3.8, 4) is 0 Å². The lowest BCUT2D eigenvalue weighted by molar-refractivity contribution is -0.123. The quantitative estimate of drug-likeness (QED) is 0.652. The summed E-state index contributed by atoms with van der Waals surface area (Å²) in [6, 6.07) is 11.1. The molecule has 0 saturated carbocycles. The molecule has 0 spiro atoms. The predicted octanol–water partition coefficient (Wildman–Crippen LogP) is 3.19. The Morgan fingerprint density at radius 1 is 1.11 bits per heavy atom. The molecule has 1 N–H and O–H groups in total. The molecule has 1 aromatic heterocycles. The maximum atomic E-state index is 12.4. The van der Waals surface area contributed by atoms with Crippen molar-refractivity contribution >= 4 is 34.6 Å². The molecule has 1 heterocycles. The first-order chi connectivity index (χ1) is 13.5. The van der Waals surface area contributed by atoms with Crippen LogP contribution in [-0.4, -0.2) is 35.5 Å².